The topological polar surface area (TPSA) is 54.9 Å². The van der Waals surface area contributed by atoms with Gasteiger partial charge in [-0.25, -0.2) is 9.97 Å². The summed E-state index contributed by atoms with van der Waals surface area (Å²) in [7, 11) is 0. The zero-order chi connectivity index (χ0) is 13.9. The minimum absolute atomic E-state index is 0.0462. The molecule has 1 atom stereocenters. The molecule has 0 fully saturated rings. The van der Waals surface area contributed by atoms with Gasteiger partial charge in [-0.05, 0) is 30.4 Å². The lowest BCUT2D eigenvalue weighted by Gasteiger charge is -2.26. The highest BCUT2D eigenvalue weighted by Crippen LogP contribution is 2.29. The van der Waals surface area contributed by atoms with Crippen LogP contribution in [-0.2, 0) is 6.42 Å². The van der Waals surface area contributed by atoms with Crippen LogP contribution in [0.4, 0.5) is 0 Å². The van der Waals surface area contributed by atoms with Crippen molar-refractivity contribution in [3.63, 3.8) is 0 Å². The van der Waals surface area contributed by atoms with Gasteiger partial charge in [-0.3, -0.25) is 4.79 Å². The summed E-state index contributed by atoms with van der Waals surface area (Å²) in [5, 5.41) is 3.31. The maximum absolute atomic E-state index is 12.2. The fourth-order valence-electron chi connectivity index (χ4n) is 2.57. The largest absolute Gasteiger partial charge is 0.344 e. The molecular weight excluding hydrogens is 274 g/mol. The van der Waals surface area contributed by atoms with Crippen LogP contribution < -0.4 is 5.32 Å². The molecular formula is C15H14ClN3O. The van der Waals surface area contributed by atoms with Gasteiger partial charge in [0, 0.05) is 0 Å². The Labute approximate surface area is 122 Å². The van der Waals surface area contributed by atoms with Crippen molar-refractivity contribution in [2.75, 3.05) is 0 Å². The second kappa shape index (κ2) is 5.59. The first-order valence-electron chi connectivity index (χ1n) is 6.60. The number of carbonyl (C=O) groups is 1. The average Bonchev–Trinajstić information content (AvgIpc) is 2.48. The van der Waals surface area contributed by atoms with E-state index in [1.165, 1.54) is 23.5 Å². The number of halogens is 1. The summed E-state index contributed by atoms with van der Waals surface area (Å²) >= 11 is 5.67. The number of hydrogen-bond donors (Lipinski definition) is 1. The number of nitrogens with zero attached hydrogens (tertiary/aromatic N) is 2. The van der Waals surface area contributed by atoms with Crippen molar-refractivity contribution in [1.29, 1.82) is 0 Å². The van der Waals surface area contributed by atoms with Crippen LogP contribution in [0.3, 0.4) is 0 Å². The molecule has 1 N–H and O–H groups in total. The van der Waals surface area contributed by atoms with Gasteiger partial charge in [-0.1, -0.05) is 35.9 Å². The van der Waals surface area contributed by atoms with Crippen LogP contribution in [0.5, 0.6) is 0 Å². The summed E-state index contributed by atoms with van der Waals surface area (Å²) in [6.45, 7) is 0. The maximum Gasteiger partial charge on any atom is 0.271 e. The molecule has 1 aromatic heterocycles. The highest BCUT2D eigenvalue weighted by Gasteiger charge is 2.22. The average molecular weight is 288 g/mol. The van der Waals surface area contributed by atoms with E-state index in [4.69, 9.17) is 11.6 Å². The van der Waals surface area contributed by atoms with Crippen molar-refractivity contribution >= 4 is 17.5 Å². The standard InChI is InChI=1S/C15H14ClN3O/c16-14-9-17-13(8-18-14)15(20)19-12-7-3-5-10-4-1-2-6-11(10)12/h1-2,4,6,8-9,12H,3,5,7H2,(H,19,20). The number of rotatable bonds is 2. The Morgan fingerprint density at radius 2 is 2.10 bits per heavy atom. The Morgan fingerprint density at radius 1 is 1.25 bits per heavy atom. The summed E-state index contributed by atoms with van der Waals surface area (Å²) in [5.41, 5.74) is 2.80. The lowest BCUT2D eigenvalue weighted by Crippen LogP contribution is -2.31. The number of benzene rings is 1. The van der Waals surface area contributed by atoms with Gasteiger partial charge in [0.05, 0.1) is 18.4 Å². The predicted molar refractivity (Wildman–Crippen MR) is 76.6 cm³/mol. The van der Waals surface area contributed by atoms with Gasteiger partial charge in [0.25, 0.3) is 5.91 Å². The molecule has 1 heterocycles. The Morgan fingerprint density at radius 3 is 2.90 bits per heavy atom. The molecule has 0 bridgehead atoms. The molecule has 0 aliphatic heterocycles. The Balaban J connectivity index is 1.79. The van der Waals surface area contributed by atoms with E-state index < -0.39 is 0 Å². The van der Waals surface area contributed by atoms with Gasteiger partial charge in [0.15, 0.2) is 0 Å². The SMILES string of the molecule is O=C(NC1CCCc2ccccc21)c1cnc(Cl)cn1. The normalized spacial score (nSPS) is 17.4. The van der Waals surface area contributed by atoms with Crippen molar-refractivity contribution in [3.8, 4) is 0 Å². The number of carbonyl (C=O) groups excluding carboxylic acids is 1. The van der Waals surface area contributed by atoms with Crippen LogP contribution in [0.2, 0.25) is 5.15 Å². The van der Waals surface area contributed by atoms with Crippen LogP contribution in [-0.4, -0.2) is 15.9 Å². The van der Waals surface area contributed by atoms with Crippen LogP contribution in [0, 0.1) is 0 Å². The number of amides is 1. The zero-order valence-electron chi connectivity index (χ0n) is 10.8. The number of fused-ring (bicyclic) bond motifs is 1. The third kappa shape index (κ3) is 2.65. The molecule has 1 aromatic carbocycles. The summed E-state index contributed by atoms with van der Waals surface area (Å²) < 4.78 is 0. The van der Waals surface area contributed by atoms with Crippen LogP contribution >= 0.6 is 11.6 Å². The second-order valence-electron chi connectivity index (χ2n) is 4.84. The van der Waals surface area contributed by atoms with Crippen LogP contribution in [0.25, 0.3) is 0 Å². The molecule has 5 heteroatoms. The third-order valence-electron chi connectivity index (χ3n) is 3.53. The first kappa shape index (κ1) is 13.1. The van der Waals surface area contributed by atoms with Crippen molar-refractivity contribution in [1.82, 2.24) is 15.3 Å². The van der Waals surface area contributed by atoms with E-state index in [2.05, 4.69) is 27.4 Å². The molecule has 102 valence electrons. The van der Waals surface area contributed by atoms with E-state index in [1.54, 1.807) is 0 Å². The molecule has 1 amide bonds. The molecule has 4 nitrogen and oxygen atoms in total. The lowest BCUT2D eigenvalue weighted by atomic mass is 9.88. The van der Waals surface area contributed by atoms with Gasteiger partial charge in [-0.2, -0.15) is 0 Å². The third-order valence-corrected chi connectivity index (χ3v) is 3.72. The van der Waals surface area contributed by atoms with E-state index in [9.17, 15) is 4.79 Å². The number of aromatic nitrogens is 2. The van der Waals surface area contributed by atoms with E-state index in [-0.39, 0.29) is 22.8 Å². The van der Waals surface area contributed by atoms with E-state index in [1.807, 2.05) is 12.1 Å². The van der Waals surface area contributed by atoms with Gasteiger partial charge in [-0.15, -0.1) is 0 Å². The van der Waals surface area contributed by atoms with Crippen molar-refractivity contribution < 1.29 is 4.79 Å². The Hall–Kier alpha value is -1.94. The first-order chi connectivity index (χ1) is 9.74. The lowest BCUT2D eigenvalue weighted by molar-refractivity contribution is 0.0927. The van der Waals surface area contributed by atoms with E-state index in [0.717, 1.165) is 19.3 Å². The molecule has 3 rings (SSSR count). The monoisotopic (exact) mass is 287 g/mol. The zero-order valence-corrected chi connectivity index (χ0v) is 11.6. The number of aryl methyl sites for hydroxylation is 1. The highest BCUT2D eigenvalue weighted by molar-refractivity contribution is 6.29. The number of nitrogens with one attached hydrogen (secondary N) is 1. The van der Waals surface area contributed by atoms with Gasteiger partial charge in [0.2, 0.25) is 0 Å². The molecule has 1 aliphatic rings. The van der Waals surface area contributed by atoms with Gasteiger partial charge < -0.3 is 5.32 Å². The minimum Gasteiger partial charge on any atom is -0.344 e. The molecule has 0 saturated heterocycles. The minimum atomic E-state index is -0.212. The Bertz CT molecular complexity index is 627. The van der Waals surface area contributed by atoms with Crippen molar-refractivity contribution in [3.05, 3.63) is 58.6 Å². The van der Waals surface area contributed by atoms with Crippen LogP contribution in [0.15, 0.2) is 36.7 Å². The molecule has 1 aliphatic carbocycles. The predicted octanol–water partition coefficient (Wildman–Crippen LogP) is 2.94. The smallest absolute Gasteiger partial charge is 0.271 e. The van der Waals surface area contributed by atoms with Crippen molar-refractivity contribution in [2.24, 2.45) is 0 Å². The van der Waals surface area contributed by atoms with E-state index >= 15 is 0 Å². The summed E-state index contributed by atoms with van der Waals surface area (Å²) in [6, 6.07) is 8.28. The number of hydrogen-bond acceptors (Lipinski definition) is 3. The second-order valence-corrected chi connectivity index (χ2v) is 5.23. The molecule has 0 saturated carbocycles. The fourth-order valence-corrected chi connectivity index (χ4v) is 2.66. The van der Waals surface area contributed by atoms with Crippen molar-refractivity contribution in [2.45, 2.75) is 25.3 Å². The Kier molecular flexibility index (Phi) is 3.65. The molecule has 1 unspecified atom stereocenters. The van der Waals surface area contributed by atoms with Gasteiger partial charge in [0.1, 0.15) is 10.8 Å². The summed E-state index contributed by atoms with van der Waals surface area (Å²) in [4.78, 5) is 20.1. The first-order valence-corrected chi connectivity index (χ1v) is 6.98. The van der Waals surface area contributed by atoms with E-state index in [0.29, 0.717) is 0 Å². The maximum atomic E-state index is 12.2. The molecule has 20 heavy (non-hydrogen) atoms. The summed E-state index contributed by atoms with van der Waals surface area (Å²) in [5.74, 6) is -0.212. The quantitative estimate of drug-likeness (QED) is 0.924. The summed E-state index contributed by atoms with van der Waals surface area (Å²) in [6.07, 6.45) is 5.87. The molecule has 0 radical (unpaired) electrons. The van der Waals surface area contributed by atoms with Crippen LogP contribution in [0.1, 0.15) is 40.5 Å². The highest BCUT2D eigenvalue weighted by atomic mass is 35.5. The van der Waals surface area contributed by atoms with Gasteiger partial charge >= 0.3 is 0 Å². The fraction of sp³-hybridized carbons (Fsp3) is 0.267. The molecule has 0 spiro atoms. The molecule has 2 aromatic rings.